The largest absolute Gasteiger partial charge is 0.333 e. The predicted octanol–water partition coefficient (Wildman–Crippen LogP) is 2.46. The number of thiazole rings is 1. The maximum Gasteiger partial charge on any atom is 0.255 e. The summed E-state index contributed by atoms with van der Waals surface area (Å²) < 4.78 is 0.779. The second-order valence-electron chi connectivity index (χ2n) is 4.94. The molecular formula is C14H13BrN4O2S. The zero-order valence-electron chi connectivity index (χ0n) is 11.8. The molecule has 1 aliphatic heterocycles. The van der Waals surface area contributed by atoms with Gasteiger partial charge in [-0.1, -0.05) is 11.3 Å². The summed E-state index contributed by atoms with van der Waals surface area (Å²) >= 11 is 4.75. The van der Waals surface area contributed by atoms with Crippen LogP contribution in [0.2, 0.25) is 0 Å². The van der Waals surface area contributed by atoms with Crippen molar-refractivity contribution >= 4 is 44.2 Å². The van der Waals surface area contributed by atoms with Crippen molar-refractivity contribution in [1.29, 1.82) is 0 Å². The summed E-state index contributed by atoms with van der Waals surface area (Å²) in [4.78, 5) is 34.8. The van der Waals surface area contributed by atoms with Crippen molar-refractivity contribution in [3.05, 3.63) is 39.1 Å². The summed E-state index contributed by atoms with van der Waals surface area (Å²) in [5, 5.41) is 3.29. The number of carbonyl (C=O) groups is 2. The highest BCUT2D eigenvalue weighted by molar-refractivity contribution is 9.10. The van der Waals surface area contributed by atoms with Crippen molar-refractivity contribution in [2.24, 2.45) is 0 Å². The van der Waals surface area contributed by atoms with Crippen molar-refractivity contribution < 1.29 is 9.59 Å². The minimum atomic E-state index is -0.140. The SMILES string of the molecule is CC(=O)Nc1nc2c(s1)CN(C(=O)c1cncc(Br)c1)CC2. The first-order valence-corrected chi connectivity index (χ1v) is 8.30. The third-order valence-electron chi connectivity index (χ3n) is 3.25. The Balaban J connectivity index is 1.77. The van der Waals surface area contributed by atoms with Gasteiger partial charge in [-0.3, -0.25) is 14.6 Å². The first-order valence-electron chi connectivity index (χ1n) is 6.69. The van der Waals surface area contributed by atoms with Gasteiger partial charge in [0.2, 0.25) is 5.91 Å². The van der Waals surface area contributed by atoms with Gasteiger partial charge in [0, 0.05) is 41.6 Å². The lowest BCUT2D eigenvalue weighted by molar-refractivity contribution is -0.114. The number of nitrogens with zero attached hydrogens (tertiary/aromatic N) is 3. The van der Waals surface area contributed by atoms with Crippen molar-refractivity contribution in [2.75, 3.05) is 11.9 Å². The molecule has 2 amide bonds. The molecular weight excluding hydrogens is 368 g/mol. The smallest absolute Gasteiger partial charge is 0.255 e. The second-order valence-corrected chi connectivity index (χ2v) is 6.94. The molecule has 0 aliphatic carbocycles. The van der Waals surface area contributed by atoms with Crippen LogP contribution in [0.4, 0.5) is 5.13 Å². The Bertz CT molecular complexity index is 746. The van der Waals surface area contributed by atoms with Crippen LogP contribution in [0.15, 0.2) is 22.9 Å². The second kappa shape index (κ2) is 6.13. The first-order chi connectivity index (χ1) is 10.5. The Morgan fingerprint density at radius 2 is 2.23 bits per heavy atom. The number of hydrogen-bond acceptors (Lipinski definition) is 5. The molecule has 0 aromatic carbocycles. The monoisotopic (exact) mass is 380 g/mol. The fourth-order valence-corrected chi connectivity index (χ4v) is 3.72. The van der Waals surface area contributed by atoms with E-state index in [1.54, 1.807) is 23.4 Å². The van der Waals surface area contributed by atoms with Gasteiger partial charge in [0.1, 0.15) is 0 Å². The summed E-state index contributed by atoms with van der Waals surface area (Å²) in [6.45, 7) is 2.58. The maximum atomic E-state index is 12.5. The highest BCUT2D eigenvalue weighted by atomic mass is 79.9. The third-order valence-corrected chi connectivity index (χ3v) is 4.68. The molecule has 2 aromatic rings. The molecule has 0 fully saturated rings. The highest BCUT2D eigenvalue weighted by Crippen LogP contribution is 2.29. The summed E-state index contributed by atoms with van der Waals surface area (Å²) in [6, 6.07) is 1.76. The lowest BCUT2D eigenvalue weighted by Gasteiger charge is -2.26. The van der Waals surface area contributed by atoms with Crippen LogP contribution in [0.1, 0.15) is 27.9 Å². The van der Waals surface area contributed by atoms with E-state index in [1.165, 1.54) is 18.3 Å². The molecule has 0 radical (unpaired) electrons. The van der Waals surface area contributed by atoms with Gasteiger partial charge in [-0.15, -0.1) is 0 Å². The van der Waals surface area contributed by atoms with Gasteiger partial charge in [-0.05, 0) is 22.0 Å². The number of nitrogens with one attached hydrogen (secondary N) is 1. The van der Waals surface area contributed by atoms with Crippen LogP contribution in [0.5, 0.6) is 0 Å². The van der Waals surface area contributed by atoms with Crippen LogP contribution in [-0.2, 0) is 17.8 Å². The van der Waals surface area contributed by atoms with Crippen molar-refractivity contribution in [3.8, 4) is 0 Å². The molecule has 22 heavy (non-hydrogen) atoms. The minimum Gasteiger partial charge on any atom is -0.333 e. The fourth-order valence-electron chi connectivity index (χ4n) is 2.28. The lowest BCUT2D eigenvalue weighted by atomic mass is 10.1. The number of anilines is 1. The molecule has 0 bridgehead atoms. The van der Waals surface area contributed by atoms with Gasteiger partial charge in [0.05, 0.1) is 17.8 Å². The standard InChI is InChI=1S/C14H13BrN4O2S/c1-8(20)17-14-18-11-2-3-19(7-12(11)22-14)13(21)9-4-10(15)6-16-5-9/h4-6H,2-3,7H2,1H3,(H,17,18,20). The molecule has 0 spiro atoms. The summed E-state index contributed by atoms with van der Waals surface area (Å²) in [5.41, 5.74) is 1.52. The van der Waals surface area contributed by atoms with Gasteiger partial charge < -0.3 is 10.2 Å². The topological polar surface area (TPSA) is 75.2 Å². The van der Waals surface area contributed by atoms with E-state index in [4.69, 9.17) is 0 Å². The Labute approximate surface area is 139 Å². The van der Waals surface area contributed by atoms with Crippen molar-refractivity contribution in [3.63, 3.8) is 0 Å². The van der Waals surface area contributed by atoms with Crippen LogP contribution in [-0.4, -0.2) is 33.2 Å². The van der Waals surface area contributed by atoms with Crippen LogP contribution in [0.25, 0.3) is 0 Å². The molecule has 8 heteroatoms. The van der Waals surface area contributed by atoms with E-state index in [0.29, 0.717) is 30.2 Å². The molecule has 1 aliphatic rings. The Morgan fingerprint density at radius 3 is 2.95 bits per heavy atom. The number of pyridine rings is 1. The molecule has 0 saturated carbocycles. The van der Waals surface area contributed by atoms with Gasteiger partial charge >= 0.3 is 0 Å². The van der Waals surface area contributed by atoms with Gasteiger partial charge in [-0.25, -0.2) is 4.98 Å². The fraction of sp³-hybridized carbons (Fsp3) is 0.286. The van der Waals surface area contributed by atoms with Crippen LogP contribution < -0.4 is 5.32 Å². The number of rotatable bonds is 2. The molecule has 0 unspecified atom stereocenters. The zero-order valence-corrected chi connectivity index (χ0v) is 14.2. The molecule has 114 valence electrons. The molecule has 3 heterocycles. The van der Waals surface area contributed by atoms with E-state index >= 15 is 0 Å². The van der Waals surface area contributed by atoms with Crippen molar-refractivity contribution in [1.82, 2.24) is 14.9 Å². The summed E-state index contributed by atoms with van der Waals surface area (Å²) in [7, 11) is 0. The Kier molecular flexibility index (Phi) is 4.21. The molecule has 2 aromatic heterocycles. The number of aromatic nitrogens is 2. The quantitative estimate of drug-likeness (QED) is 0.867. The number of hydrogen-bond donors (Lipinski definition) is 1. The van der Waals surface area contributed by atoms with E-state index in [1.807, 2.05) is 0 Å². The van der Waals surface area contributed by atoms with Gasteiger partial charge in [0.25, 0.3) is 5.91 Å². The molecule has 0 saturated heterocycles. The maximum absolute atomic E-state index is 12.5. The van der Waals surface area contributed by atoms with Crippen LogP contribution in [0.3, 0.4) is 0 Å². The Hall–Kier alpha value is -1.80. The van der Waals surface area contributed by atoms with E-state index in [-0.39, 0.29) is 11.8 Å². The van der Waals surface area contributed by atoms with Gasteiger partial charge in [-0.2, -0.15) is 0 Å². The number of carbonyl (C=O) groups excluding carboxylic acids is 2. The lowest BCUT2D eigenvalue weighted by Crippen LogP contribution is -2.35. The van der Waals surface area contributed by atoms with E-state index in [9.17, 15) is 9.59 Å². The highest BCUT2D eigenvalue weighted by Gasteiger charge is 2.25. The van der Waals surface area contributed by atoms with Crippen LogP contribution >= 0.6 is 27.3 Å². The van der Waals surface area contributed by atoms with E-state index < -0.39 is 0 Å². The summed E-state index contributed by atoms with van der Waals surface area (Å²) in [5.74, 6) is -0.187. The predicted molar refractivity (Wildman–Crippen MR) is 86.8 cm³/mol. The zero-order chi connectivity index (χ0) is 15.7. The van der Waals surface area contributed by atoms with Gasteiger partial charge in [0.15, 0.2) is 5.13 Å². The van der Waals surface area contributed by atoms with Crippen molar-refractivity contribution in [2.45, 2.75) is 19.9 Å². The summed E-state index contributed by atoms with van der Waals surface area (Å²) in [6.07, 6.45) is 3.91. The number of halogens is 1. The third kappa shape index (κ3) is 3.17. The normalized spacial score (nSPS) is 13.6. The Morgan fingerprint density at radius 1 is 1.41 bits per heavy atom. The van der Waals surface area contributed by atoms with E-state index in [0.717, 1.165) is 15.0 Å². The molecule has 0 atom stereocenters. The minimum absolute atomic E-state index is 0.0473. The molecule has 6 nitrogen and oxygen atoms in total. The van der Waals surface area contributed by atoms with E-state index in [2.05, 4.69) is 31.2 Å². The first kappa shape index (κ1) is 15.1. The number of fused-ring (bicyclic) bond motifs is 1. The molecule has 1 N–H and O–H groups in total. The molecule has 3 rings (SSSR count). The van der Waals surface area contributed by atoms with Crippen LogP contribution in [0, 0.1) is 0 Å². The average molecular weight is 381 g/mol. The number of amides is 2. The average Bonchev–Trinajstić information content (AvgIpc) is 2.86.